The summed E-state index contributed by atoms with van der Waals surface area (Å²) in [6, 6.07) is 0. The lowest BCUT2D eigenvalue weighted by molar-refractivity contribution is 0.580. The summed E-state index contributed by atoms with van der Waals surface area (Å²) in [6.45, 7) is 6.88. The lowest BCUT2D eigenvalue weighted by Gasteiger charge is -2.02. The molecule has 0 atom stereocenters. The molecular formula is C8H11N3O2S. The van der Waals surface area contributed by atoms with Crippen LogP contribution in [0.3, 0.4) is 0 Å². The highest BCUT2D eigenvalue weighted by Crippen LogP contribution is 2.02. The third-order valence-corrected chi connectivity index (χ3v) is 2.99. The summed E-state index contributed by atoms with van der Waals surface area (Å²) in [5, 5.41) is 3.65. The van der Waals surface area contributed by atoms with Crippen LogP contribution in [0.25, 0.3) is 0 Å². The average molecular weight is 213 g/mol. The zero-order valence-corrected chi connectivity index (χ0v) is 8.44. The second kappa shape index (κ2) is 4.19. The number of rotatable bonds is 5. The molecule has 5 nitrogen and oxygen atoms in total. The van der Waals surface area contributed by atoms with Gasteiger partial charge < -0.3 is 0 Å². The van der Waals surface area contributed by atoms with Crippen molar-refractivity contribution in [2.45, 2.75) is 6.42 Å². The maximum atomic E-state index is 11.5. The van der Waals surface area contributed by atoms with Crippen LogP contribution in [0.1, 0.15) is 5.82 Å². The van der Waals surface area contributed by atoms with Gasteiger partial charge in [0, 0.05) is 6.42 Å². The van der Waals surface area contributed by atoms with Crippen LogP contribution in [-0.4, -0.2) is 28.3 Å². The van der Waals surface area contributed by atoms with Gasteiger partial charge in [-0.3, -0.25) is 0 Å². The molecule has 0 unspecified atom stereocenters. The SMILES string of the molecule is C=CCc1ncnn1S(=O)(=O)CC=C. The van der Waals surface area contributed by atoms with Gasteiger partial charge in [0.2, 0.25) is 0 Å². The molecule has 0 amide bonds. The smallest absolute Gasteiger partial charge is 0.218 e. The van der Waals surface area contributed by atoms with Gasteiger partial charge in [-0.25, -0.2) is 13.4 Å². The molecule has 0 saturated heterocycles. The van der Waals surface area contributed by atoms with E-state index in [2.05, 4.69) is 23.2 Å². The van der Waals surface area contributed by atoms with Crippen molar-refractivity contribution in [3.63, 3.8) is 0 Å². The highest BCUT2D eigenvalue weighted by molar-refractivity contribution is 7.89. The van der Waals surface area contributed by atoms with E-state index in [-0.39, 0.29) is 5.75 Å². The average Bonchev–Trinajstić information content (AvgIpc) is 2.53. The zero-order chi connectivity index (χ0) is 10.6. The largest absolute Gasteiger partial charge is 0.259 e. The van der Waals surface area contributed by atoms with Crippen molar-refractivity contribution in [1.82, 2.24) is 14.2 Å². The van der Waals surface area contributed by atoms with Crippen LogP contribution < -0.4 is 0 Å². The Morgan fingerprint density at radius 2 is 2.14 bits per heavy atom. The van der Waals surface area contributed by atoms with Crippen molar-refractivity contribution in [3.8, 4) is 0 Å². The summed E-state index contributed by atoms with van der Waals surface area (Å²) in [6.07, 6.45) is 4.47. The van der Waals surface area contributed by atoms with Crippen LogP contribution >= 0.6 is 0 Å². The maximum absolute atomic E-state index is 11.5. The molecule has 0 bridgehead atoms. The monoisotopic (exact) mass is 213 g/mol. The fraction of sp³-hybridized carbons (Fsp3) is 0.250. The molecule has 6 heteroatoms. The van der Waals surface area contributed by atoms with Crippen LogP contribution in [-0.2, 0) is 16.4 Å². The van der Waals surface area contributed by atoms with Crippen LogP contribution in [0.15, 0.2) is 31.6 Å². The van der Waals surface area contributed by atoms with E-state index in [4.69, 9.17) is 0 Å². The Hall–Kier alpha value is -1.43. The lowest BCUT2D eigenvalue weighted by atomic mass is 10.4. The molecule has 76 valence electrons. The summed E-state index contributed by atoms with van der Waals surface area (Å²) in [5.41, 5.74) is 0. The molecule has 14 heavy (non-hydrogen) atoms. The quantitative estimate of drug-likeness (QED) is 0.663. The van der Waals surface area contributed by atoms with Crippen LogP contribution in [0, 0.1) is 0 Å². The van der Waals surface area contributed by atoms with E-state index in [9.17, 15) is 8.42 Å². The molecule has 0 aliphatic carbocycles. The van der Waals surface area contributed by atoms with Crippen LogP contribution in [0.4, 0.5) is 0 Å². The first-order valence-electron chi connectivity index (χ1n) is 3.95. The fourth-order valence-corrected chi connectivity index (χ4v) is 2.03. The van der Waals surface area contributed by atoms with Gasteiger partial charge in [0.25, 0.3) is 10.0 Å². The minimum atomic E-state index is -3.44. The minimum absolute atomic E-state index is 0.152. The van der Waals surface area contributed by atoms with Crippen molar-refractivity contribution >= 4 is 10.0 Å². The summed E-state index contributed by atoms with van der Waals surface area (Å²) in [4.78, 5) is 3.82. The number of hydrogen-bond acceptors (Lipinski definition) is 4. The Bertz CT molecular complexity index is 433. The molecule has 1 rings (SSSR count). The third-order valence-electron chi connectivity index (χ3n) is 1.50. The molecule has 0 radical (unpaired) electrons. The van der Waals surface area contributed by atoms with E-state index >= 15 is 0 Å². The van der Waals surface area contributed by atoms with E-state index < -0.39 is 10.0 Å². The van der Waals surface area contributed by atoms with Gasteiger partial charge in [0.05, 0.1) is 5.75 Å². The highest BCUT2D eigenvalue weighted by Gasteiger charge is 2.16. The number of nitrogens with zero attached hydrogens (tertiary/aromatic N) is 3. The van der Waals surface area contributed by atoms with Crippen LogP contribution in [0.2, 0.25) is 0 Å². The Labute approximate surface area is 82.8 Å². The van der Waals surface area contributed by atoms with Gasteiger partial charge in [-0.05, 0) is 0 Å². The van der Waals surface area contributed by atoms with E-state index in [1.165, 1.54) is 12.4 Å². The molecule has 0 aromatic carbocycles. The van der Waals surface area contributed by atoms with Crippen molar-refractivity contribution < 1.29 is 8.42 Å². The molecule has 0 fully saturated rings. The number of aromatic nitrogens is 3. The first-order valence-corrected chi connectivity index (χ1v) is 5.56. The standard InChI is InChI=1S/C8H11N3O2S/c1-3-5-8-9-7-10-11(8)14(12,13)6-4-2/h3-4,7H,1-2,5-6H2. The van der Waals surface area contributed by atoms with E-state index in [0.29, 0.717) is 12.2 Å². The van der Waals surface area contributed by atoms with Gasteiger partial charge in [0.15, 0.2) is 0 Å². The molecule has 1 aromatic heterocycles. The van der Waals surface area contributed by atoms with Crippen molar-refractivity contribution in [2.75, 3.05) is 5.75 Å². The van der Waals surface area contributed by atoms with Crippen molar-refractivity contribution in [2.24, 2.45) is 0 Å². The van der Waals surface area contributed by atoms with E-state index in [0.717, 1.165) is 4.09 Å². The Morgan fingerprint density at radius 1 is 1.43 bits per heavy atom. The van der Waals surface area contributed by atoms with Crippen molar-refractivity contribution in [1.29, 1.82) is 0 Å². The molecule has 0 saturated carbocycles. The summed E-state index contributed by atoms with van der Waals surface area (Å²) < 4.78 is 24.0. The molecular weight excluding hydrogens is 202 g/mol. The predicted octanol–water partition coefficient (Wildman–Crippen LogP) is 0.371. The summed E-state index contributed by atoms with van der Waals surface area (Å²) in [5.74, 6) is 0.211. The third kappa shape index (κ3) is 2.08. The lowest BCUT2D eigenvalue weighted by Crippen LogP contribution is -2.19. The van der Waals surface area contributed by atoms with Gasteiger partial charge in [0.1, 0.15) is 12.2 Å². The fourth-order valence-electron chi connectivity index (χ4n) is 0.967. The predicted molar refractivity (Wildman–Crippen MR) is 53.3 cm³/mol. The first-order chi connectivity index (χ1) is 6.61. The molecule has 0 N–H and O–H groups in total. The number of hydrogen-bond donors (Lipinski definition) is 0. The Morgan fingerprint density at radius 3 is 2.71 bits per heavy atom. The highest BCUT2D eigenvalue weighted by atomic mass is 32.2. The Balaban J connectivity index is 3.11. The molecule has 0 spiro atoms. The summed E-state index contributed by atoms with van der Waals surface area (Å²) in [7, 11) is -3.44. The molecule has 0 aliphatic heterocycles. The van der Waals surface area contributed by atoms with Crippen molar-refractivity contribution in [3.05, 3.63) is 37.5 Å². The van der Waals surface area contributed by atoms with Gasteiger partial charge in [-0.2, -0.15) is 0 Å². The van der Waals surface area contributed by atoms with Gasteiger partial charge in [-0.15, -0.1) is 22.3 Å². The minimum Gasteiger partial charge on any atom is -0.218 e. The molecule has 1 aromatic rings. The van der Waals surface area contributed by atoms with E-state index in [1.54, 1.807) is 6.08 Å². The number of allylic oxidation sites excluding steroid dienone is 1. The molecule has 0 aliphatic rings. The maximum Gasteiger partial charge on any atom is 0.259 e. The van der Waals surface area contributed by atoms with Gasteiger partial charge in [-0.1, -0.05) is 12.2 Å². The first kappa shape index (κ1) is 10.6. The Kier molecular flexibility index (Phi) is 3.19. The molecule has 1 heterocycles. The normalized spacial score (nSPS) is 11.1. The van der Waals surface area contributed by atoms with Crippen LogP contribution in [0.5, 0.6) is 0 Å². The summed E-state index contributed by atoms with van der Waals surface area (Å²) >= 11 is 0. The second-order valence-electron chi connectivity index (χ2n) is 2.58. The van der Waals surface area contributed by atoms with Gasteiger partial charge >= 0.3 is 0 Å². The zero-order valence-electron chi connectivity index (χ0n) is 7.63. The van der Waals surface area contributed by atoms with E-state index in [1.807, 2.05) is 0 Å². The topological polar surface area (TPSA) is 64.8 Å². The second-order valence-corrected chi connectivity index (χ2v) is 4.42.